The maximum Gasteiger partial charge on any atom is 0.224 e. The molecule has 126 valence electrons. The number of nitrogens with zero attached hydrogens (tertiary/aromatic N) is 1. The van der Waals surface area contributed by atoms with Gasteiger partial charge in [0.15, 0.2) is 0 Å². The van der Waals surface area contributed by atoms with Crippen LogP contribution in [0.4, 0.5) is 0 Å². The highest BCUT2D eigenvalue weighted by molar-refractivity contribution is 5.80. The molecule has 0 aliphatic carbocycles. The predicted molar refractivity (Wildman–Crippen MR) is 90.1 cm³/mol. The monoisotopic (exact) mass is 326 g/mol. The second-order valence-corrected chi connectivity index (χ2v) is 6.15. The number of furan rings is 1. The zero-order chi connectivity index (χ0) is 16.9. The third-order valence-electron chi connectivity index (χ3n) is 4.56. The van der Waals surface area contributed by atoms with Crippen LogP contribution in [-0.2, 0) is 9.59 Å². The van der Waals surface area contributed by atoms with Crippen molar-refractivity contribution in [2.45, 2.75) is 25.8 Å². The third-order valence-corrected chi connectivity index (χ3v) is 4.56. The van der Waals surface area contributed by atoms with Gasteiger partial charge in [0.25, 0.3) is 0 Å². The lowest BCUT2D eigenvalue weighted by Crippen LogP contribution is -2.43. The summed E-state index contributed by atoms with van der Waals surface area (Å²) >= 11 is 0. The topological polar surface area (TPSA) is 62.6 Å². The Balaban J connectivity index is 1.70. The van der Waals surface area contributed by atoms with E-state index in [-0.39, 0.29) is 23.8 Å². The summed E-state index contributed by atoms with van der Waals surface area (Å²) in [5.41, 5.74) is 0.988. The minimum Gasteiger partial charge on any atom is -0.467 e. The van der Waals surface area contributed by atoms with E-state index in [2.05, 4.69) is 5.32 Å². The first-order chi connectivity index (χ1) is 11.6. The molecule has 1 aliphatic heterocycles. The van der Waals surface area contributed by atoms with E-state index in [1.165, 1.54) is 0 Å². The minimum absolute atomic E-state index is 0.0171. The highest BCUT2D eigenvalue weighted by Crippen LogP contribution is 2.25. The van der Waals surface area contributed by atoms with Crippen LogP contribution in [0.1, 0.15) is 37.1 Å². The van der Waals surface area contributed by atoms with Crippen molar-refractivity contribution in [3.05, 3.63) is 60.1 Å². The maximum atomic E-state index is 12.7. The molecule has 1 aromatic heterocycles. The number of piperidine rings is 1. The first-order valence-electron chi connectivity index (χ1n) is 8.29. The summed E-state index contributed by atoms with van der Waals surface area (Å²) in [5, 5.41) is 3.11. The molecule has 1 aliphatic rings. The van der Waals surface area contributed by atoms with Crippen LogP contribution >= 0.6 is 0 Å². The Morgan fingerprint density at radius 2 is 1.83 bits per heavy atom. The molecule has 3 rings (SSSR count). The van der Waals surface area contributed by atoms with Crippen molar-refractivity contribution in [3.63, 3.8) is 0 Å². The summed E-state index contributed by atoms with van der Waals surface area (Å²) in [6.45, 7) is 2.86. The van der Waals surface area contributed by atoms with Crippen molar-refractivity contribution in [1.82, 2.24) is 10.2 Å². The summed E-state index contributed by atoms with van der Waals surface area (Å²) in [6, 6.07) is 13.2. The lowest BCUT2D eigenvalue weighted by atomic mass is 9.94. The SMILES string of the molecule is CC(=O)N1CCC(C(=O)NC(c2ccccc2)c2ccco2)CC1. The maximum absolute atomic E-state index is 12.7. The van der Waals surface area contributed by atoms with Crippen molar-refractivity contribution in [3.8, 4) is 0 Å². The van der Waals surface area contributed by atoms with Gasteiger partial charge in [0.2, 0.25) is 11.8 Å². The molecule has 1 saturated heterocycles. The number of carbonyl (C=O) groups is 2. The minimum atomic E-state index is -0.292. The first kappa shape index (κ1) is 16.3. The average Bonchev–Trinajstić information content (AvgIpc) is 3.14. The summed E-state index contributed by atoms with van der Waals surface area (Å²) < 4.78 is 5.52. The first-order valence-corrected chi connectivity index (χ1v) is 8.29. The predicted octanol–water partition coefficient (Wildman–Crippen LogP) is 2.74. The Hall–Kier alpha value is -2.56. The number of benzene rings is 1. The standard InChI is InChI=1S/C19H22N2O3/c1-14(22)21-11-9-16(10-12-21)19(23)20-18(17-8-5-13-24-17)15-6-3-2-4-7-15/h2-8,13,16,18H,9-12H2,1H3,(H,20,23). The Morgan fingerprint density at radius 1 is 1.12 bits per heavy atom. The smallest absolute Gasteiger partial charge is 0.224 e. The number of hydrogen-bond donors (Lipinski definition) is 1. The summed E-state index contributed by atoms with van der Waals surface area (Å²) in [7, 11) is 0. The number of amides is 2. The van der Waals surface area contributed by atoms with Gasteiger partial charge in [-0.05, 0) is 30.5 Å². The summed E-state index contributed by atoms with van der Waals surface area (Å²) in [4.78, 5) is 25.9. The fraction of sp³-hybridized carbons (Fsp3) is 0.368. The quantitative estimate of drug-likeness (QED) is 0.940. The van der Waals surface area contributed by atoms with Crippen LogP contribution in [0.15, 0.2) is 53.1 Å². The van der Waals surface area contributed by atoms with E-state index in [4.69, 9.17) is 4.42 Å². The molecule has 5 heteroatoms. The molecule has 2 amide bonds. The molecule has 0 saturated carbocycles. The molecule has 1 aromatic carbocycles. The fourth-order valence-electron chi connectivity index (χ4n) is 3.14. The molecule has 1 atom stereocenters. The fourth-order valence-corrected chi connectivity index (χ4v) is 3.14. The molecule has 1 unspecified atom stereocenters. The van der Waals surface area contributed by atoms with E-state index in [9.17, 15) is 9.59 Å². The van der Waals surface area contributed by atoms with E-state index in [0.717, 1.165) is 11.3 Å². The molecular weight excluding hydrogens is 304 g/mol. The van der Waals surface area contributed by atoms with Crippen LogP contribution in [0.3, 0.4) is 0 Å². The summed E-state index contributed by atoms with van der Waals surface area (Å²) in [5.74, 6) is 0.743. The van der Waals surface area contributed by atoms with Gasteiger partial charge < -0.3 is 14.6 Å². The lowest BCUT2D eigenvalue weighted by molar-refractivity contribution is -0.134. The van der Waals surface area contributed by atoms with E-state index in [0.29, 0.717) is 25.9 Å². The number of nitrogens with one attached hydrogen (secondary N) is 1. The highest BCUT2D eigenvalue weighted by Gasteiger charge is 2.28. The average molecular weight is 326 g/mol. The normalized spacial score (nSPS) is 16.6. The van der Waals surface area contributed by atoms with Gasteiger partial charge in [-0.1, -0.05) is 30.3 Å². The van der Waals surface area contributed by atoms with Gasteiger partial charge in [-0.25, -0.2) is 0 Å². The van der Waals surface area contributed by atoms with Gasteiger partial charge in [0, 0.05) is 25.9 Å². The van der Waals surface area contributed by atoms with Crippen LogP contribution in [0.25, 0.3) is 0 Å². The molecule has 24 heavy (non-hydrogen) atoms. The molecule has 5 nitrogen and oxygen atoms in total. The second-order valence-electron chi connectivity index (χ2n) is 6.15. The van der Waals surface area contributed by atoms with Gasteiger partial charge in [0.1, 0.15) is 11.8 Å². The van der Waals surface area contributed by atoms with Crippen LogP contribution < -0.4 is 5.32 Å². The number of likely N-dealkylation sites (tertiary alicyclic amines) is 1. The van der Waals surface area contributed by atoms with Crippen LogP contribution in [0.2, 0.25) is 0 Å². The molecule has 2 aromatic rings. The second kappa shape index (κ2) is 7.34. The zero-order valence-corrected chi connectivity index (χ0v) is 13.8. The van der Waals surface area contributed by atoms with Crippen molar-refractivity contribution in [2.75, 3.05) is 13.1 Å². The van der Waals surface area contributed by atoms with Gasteiger partial charge in [-0.15, -0.1) is 0 Å². The molecule has 1 N–H and O–H groups in total. The van der Waals surface area contributed by atoms with Crippen molar-refractivity contribution < 1.29 is 14.0 Å². The van der Waals surface area contributed by atoms with Gasteiger partial charge >= 0.3 is 0 Å². The molecule has 0 spiro atoms. The largest absolute Gasteiger partial charge is 0.467 e. The van der Waals surface area contributed by atoms with E-state index >= 15 is 0 Å². The van der Waals surface area contributed by atoms with Crippen LogP contribution in [0, 0.1) is 5.92 Å². The van der Waals surface area contributed by atoms with Gasteiger partial charge in [-0.2, -0.15) is 0 Å². The molecular formula is C19H22N2O3. The van der Waals surface area contributed by atoms with Crippen molar-refractivity contribution in [1.29, 1.82) is 0 Å². The number of carbonyl (C=O) groups excluding carboxylic acids is 2. The van der Waals surface area contributed by atoms with E-state index < -0.39 is 0 Å². The Kier molecular flexibility index (Phi) is 4.99. The number of rotatable bonds is 4. The zero-order valence-electron chi connectivity index (χ0n) is 13.8. The van der Waals surface area contributed by atoms with Gasteiger partial charge in [-0.3, -0.25) is 9.59 Å². The van der Waals surface area contributed by atoms with E-state index in [1.807, 2.05) is 42.5 Å². The Bertz CT molecular complexity index is 674. The molecule has 1 fully saturated rings. The van der Waals surface area contributed by atoms with Crippen molar-refractivity contribution in [2.24, 2.45) is 5.92 Å². The Labute approximate surface area is 141 Å². The lowest BCUT2D eigenvalue weighted by Gasteiger charge is -2.31. The van der Waals surface area contributed by atoms with Crippen LogP contribution in [-0.4, -0.2) is 29.8 Å². The van der Waals surface area contributed by atoms with Crippen molar-refractivity contribution >= 4 is 11.8 Å². The molecule has 0 radical (unpaired) electrons. The summed E-state index contributed by atoms with van der Waals surface area (Å²) in [6.07, 6.45) is 3.01. The third kappa shape index (κ3) is 3.67. The highest BCUT2D eigenvalue weighted by atomic mass is 16.3. The van der Waals surface area contributed by atoms with Crippen LogP contribution in [0.5, 0.6) is 0 Å². The Morgan fingerprint density at radius 3 is 2.42 bits per heavy atom. The molecule has 2 heterocycles. The number of hydrogen-bond acceptors (Lipinski definition) is 3. The molecule has 0 bridgehead atoms. The van der Waals surface area contributed by atoms with Gasteiger partial charge in [0.05, 0.1) is 6.26 Å². The van der Waals surface area contributed by atoms with E-state index in [1.54, 1.807) is 18.1 Å².